The van der Waals surface area contributed by atoms with Crippen molar-refractivity contribution in [1.29, 1.82) is 0 Å². The summed E-state index contributed by atoms with van der Waals surface area (Å²) in [5, 5.41) is 6.82. The first-order valence-corrected chi connectivity index (χ1v) is 11.0. The lowest BCUT2D eigenvalue weighted by molar-refractivity contribution is -0.123. The van der Waals surface area contributed by atoms with E-state index in [1.807, 2.05) is 56.3 Å². The van der Waals surface area contributed by atoms with Crippen molar-refractivity contribution in [2.45, 2.75) is 26.5 Å². The second kappa shape index (κ2) is 12.2. The summed E-state index contributed by atoms with van der Waals surface area (Å²) < 4.78 is 11.3. The van der Waals surface area contributed by atoms with Crippen molar-refractivity contribution in [2.24, 2.45) is 11.0 Å². The summed E-state index contributed by atoms with van der Waals surface area (Å²) >= 11 is 0. The van der Waals surface area contributed by atoms with Gasteiger partial charge < -0.3 is 14.8 Å². The summed E-state index contributed by atoms with van der Waals surface area (Å²) in [7, 11) is 1.57. The smallest absolute Gasteiger partial charge is 0.262 e. The molecule has 0 aliphatic rings. The van der Waals surface area contributed by atoms with Crippen molar-refractivity contribution in [1.82, 2.24) is 10.7 Å². The molecular formula is C27H29N3O4. The first-order valence-electron chi connectivity index (χ1n) is 11.0. The summed E-state index contributed by atoms with van der Waals surface area (Å²) in [6, 6.07) is 23.3. The van der Waals surface area contributed by atoms with Crippen molar-refractivity contribution in [3.05, 3.63) is 95.6 Å². The Morgan fingerprint density at radius 2 is 1.62 bits per heavy atom. The average molecular weight is 460 g/mol. The van der Waals surface area contributed by atoms with Gasteiger partial charge in [-0.1, -0.05) is 62.4 Å². The van der Waals surface area contributed by atoms with E-state index in [9.17, 15) is 9.59 Å². The van der Waals surface area contributed by atoms with Gasteiger partial charge in [-0.15, -0.1) is 0 Å². The van der Waals surface area contributed by atoms with E-state index >= 15 is 0 Å². The third-order valence-electron chi connectivity index (χ3n) is 5.08. The summed E-state index contributed by atoms with van der Waals surface area (Å²) in [4.78, 5) is 25.1. The Hall–Kier alpha value is -4.13. The number of rotatable bonds is 10. The van der Waals surface area contributed by atoms with Gasteiger partial charge in [0.15, 0.2) is 11.5 Å². The molecule has 0 aliphatic heterocycles. The zero-order chi connectivity index (χ0) is 24.3. The molecule has 0 fully saturated rings. The quantitative estimate of drug-likeness (QED) is 0.352. The van der Waals surface area contributed by atoms with E-state index in [-0.39, 0.29) is 11.8 Å². The van der Waals surface area contributed by atoms with Gasteiger partial charge in [-0.05, 0) is 47.4 Å². The minimum absolute atomic E-state index is 0.121. The van der Waals surface area contributed by atoms with Crippen LogP contribution in [0, 0.1) is 5.92 Å². The molecular weight excluding hydrogens is 430 g/mol. The standard InChI is InChI=1S/C27H29N3O4/c1-19(2)25(29-26(31)22-12-8-5-9-13-22)27(32)30-28-17-21-14-15-23(24(16-21)33-3)34-18-20-10-6-4-7-11-20/h4-17,19,25H,18H2,1-3H3,(H,29,31)(H,30,32). The monoisotopic (exact) mass is 459 g/mol. The third-order valence-corrected chi connectivity index (χ3v) is 5.08. The van der Waals surface area contributed by atoms with Crippen LogP contribution in [0.25, 0.3) is 0 Å². The molecule has 0 aromatic heterocycles. The normalized spacial score (nSPS) is 11.8. The highest BCUT2D eigenvalue weighted by atomic mass is 16.5. The van der Waals surface area contributed by atoms with Gasteiger partial charge in [-0.25, -0.2) is 5.43 Å². The summed E-state index contributed by atoms with van der Waals surface area (Å²) in [5.74, 6) is 0.334. The molecule has 3 aromatic rings. The van der Waals surface area contributed by atoms with Gasteiger partial charge in [-0.2, -0.15) is 5.10 Å². The Morgan fingerprint density at radius 1 is 0.941 bits per heavy atom. The molecule has 34 heavy (non-hydrogen) atoms. The number of amides is 2. The number of carbonyl (C=O) groups excluding carboxylic acids is 2. The van der Waals surface area contributed by atoms with Gasteiger partial charge in [0.2, 0.25) is 0 Å². The highest BCUT2D eigenvalue weighted by Crippen LogP contribution is 2.28. The fourth-order valence-electron chi connectivity index (χ4n) is 3.21. The van der Waals surface area contributed by atoms with E-state index in [1.54, 1.807) is 43.5 Å². The maximum Gasteiger partial charge on any atom is 0.262 e. The number of hydrogen-bond acceptors (Lipinski definition) is 5. The van der Waals surface area contributed by atoms with Crippen LogP contribution in [0.4, 0.5) is 0 Å². The first-order chi connectivity index (χ1) is 16.5. The maximum atomic E-state index is 12.7. The van der Waals surface area contributed by atoms with Crippen LogP contribution in [0.15, 0.2) is 84.0 Å². The van der Waals surface area contributed by atoms with Crippen LogP contribution in [-0.2, 0) is 11.4 Å². The van der Waals surface area contributed by atoms with Gasteiger partial charge in [0.05, 0.1) is 13.3 Å². The minimum Gasteiger partial charge on any atom is -0.493 e. The lowest BCUT2D eigenvalue weighted by Gasteiger charge is -2.20. The van der Waals surface area contributed by atoms with E-state index in [4.69, 9.17) is 9.47 Å². The maximum absolute atomic E-state index is 12.7. The van der Waals surface area contributed by atoms with Crippen molar-refractivity contribution in [3.63, 3.8) is 0 Å². The molecule has 3 rings (SSSR count). The molecule has 0 saturated carbocycles. The summed E-state index contributed by atoms with van der Waals surface area (Å²) in [5.41, 5.74) is 4.78. The summed E-state index contributed by atoms with van der Waals surface area (Å²) in [6.45, 7) is 4.14. The number of nitrogens with zero attached hydrogens (tertiary/aromatic N) is 1. The zero-order valence-corrected chi connectivity index (χ0v) is 19.5. The summed E-state index contributed by atoms with van der Waals surface area (Å²) in [6.07, 6.45) is 1.51. The number of methoxy groups -OCH3 is 1. The van der Waals surface area contributed by atoms with Crippen LogP contribution in [0.1, 0.15) is 35.3 Å². The Morgan fingerprint density at radius 3 is 2.26 bits per heavy atom. The lowest BCUT2D eigenvalue weighted by Crippen LogP contribution is -2.48. The molecule has 0 spiro atoms. The molecule has 0 aliphatic carbocycles. The number of hydrogen-bond donors (Lipinski definition) is 2. The lowest BCUT2D eigenvalue weighted by atomic mass is 10.0. The van der Waals surface area contributed by atoms with Gasteiger partial charge in [-0.3, -0.25) is 9.59 Å². The van der Waals surface area contributed by atoms with Gasteiger partial charge >= 0.3 is 0 Å². The molecule has 2 N–H and O–H groups in total. The molecule has 1 unspecified atom stereocenters. The Balaban J connectivity index is 1.60. The molecule has 176 valence electrons. The average Bonchev–Trinajstić information content (AvgIpc) is 2.87. The molecule has 3 aromatic carbocycles. The number of nitrogens with one attached hydrogen (secondary N) is 2. The molecule has 0 radical (unpaired) electrons. The van der Waals surface area contributed by atoms with Crippen LogP contribution in [0.2, 0.25) is 0 Å². The van der Waals surface area contributed by atoms with Crippen molar-refractivity contribution < 1.29 is 19.1 Å². The second-order valence-corrected chi connectivity index (χ2v) is 7.98. The number of hydrazone groups is 1. The Labute approximate surface area is 199 Å². The Bertz CT molecular complexity index is 1120. The van der Waals surface area contributed by atoms with Crippen LogP contribution in [-0.4, -0.2) is 31.2 Å². The molecule has 0 bridgehead atoms. The van der Waals surface area contributed by atoms with Crippen molar-refractivity contribution >= 4 is 18.0 Å². The van der Waals surface area contributed by atoms with Gasteiger partial charge in [0.1, 0.15) is 12.6 Å². The third kappa shape index (κ3) is 6.93. The number of carbonyl (C=O) groups is 2. The molecule has 7 nitrogen and oxygen atoms in total. The van der Waals surface area contributed by atoms with E-state index in [2.05, 4.69) is 15.8 Å². The fourth-order valence-corrected chi connectivity index (χ4v) is 3.21. The van der Waals surface area contributed by atoms with Crippen LogP contribution in [0.5, 0.6) is 11.5 Å². The predicted molar refractivity (Wildman–Crippen MR) is 132 cm³/mol. The highest BCUT2D eigenvalue weighted by molar-refractivity contribution is 5.97. The number of benzene rings is 3. The molecule has 1 atom stereocenters. The van der Waals surface area contributed by atoms with Crippen molar-refractivity contribution in [3.8, 4) is 11.5 Å². The molecule has 0 saturated heterocycles. The fraction of sp³-hybridized carbons (Fsp3) is 0.222. The SMILES string of the molecule is COc1cc(C=NNC(=O)C(NC(=O)c2ccccc2)C(C)C)ccc1OCc1ccccc1. The zero-order valence-electron chi connectivity index (χ0n) is 19.5. The van der Waals surface area contributed by atoms with Crippen LogP contribution in [0.3, 0.4) is 0 Å². The predicted octanol–water partition coefficient (Wildman–Crippen LogP) is 4.18. The Kier molecular flexibility index (Phi) is 8.80. The van der Waals surface area contributed by atoms with Gasteiger partial charge in [0.25, 0.3) is 11.8 Å². The van der Waals surface area contributed by atoms with Crippen molar-refractivity contribution in [2.75, 3.05) is 7.11 Å². The minimum atomic E-state index is -0.729. The van der Waals surface area contributed by atoms with E-state index in [1.165, 1.54) is 6.21 Å². The topological polar surface area (TPSA) is 89.0 Å². The first kappa shape index (κ1) is 24.5. The van der Waals surface area contributed by atoms with E-state index in [0.717, 1.165) is 11.1 Å². The molecule has 7 heteroatoms. The van der Waals surface area contributed by atoms with E-state index in [0.29, 0.717) is 23.7 Å². The largest absolute Gasteiger partial charge is 0.493 e. The molecule has 2 amide bonds. The number of ether oxygens (including phenoxy) is 2. The second-order valence-electron chi connectivity index (χ2n) is 7.98. The van der Waals surface area contributed by atoms with E-state index < -0.39 is 11.9 Å². The van der Waals surface area contributed by atoms with Gasteiger partial charge in [0, 0.05) is 5.56 Å². The van der Waals surface area contributed by atoms with Crippen LogP contribution < -0.4 is 20.2 Å². The molecule has 0 heterocycles. The highest BCUT2D eigenvalue weighted by Gasteiger charge is 2.24. The van der Waals surface area contributed by atoms with Crippen LogP contribution >= 0.6 is 0 Å².